The number of hydrogen-bond donors (Lipinski definition) is 6. The van der Waals surface area contributed by atoms with E-state index in [1.165, 1.54) is 19.0 Å². The highest BCUT2D eigenvalue weighted by Crippen LogP contribution is 2.43. The fourth-order valence-electron chi connectivity index (χ4n) is 12.3. The smallest absolute Gasteiger partial charge is 0.258 e. The molecule has 0 aliphatic carbocycles. The molecule has 97 heavy (non-hydrogen) atoms. The minimum atomic E-state index is -1.31. The highest BCUT2D eigenvalue weighted by molar-refractivity contribution is 6.31. The van der Waals surface area contributed by atoms with Crippen molar-refractivity contribution in [3.8, 4) is 34.6 Å². The van der Waals surface area contributed by atoms with Crippen molar-refractivity contribution in [2.45, 2.75) is 136 Å². The lowest BCUT2D eigenvalue weighted by Gasteiger charge is -2.21. The number of anilines is 3. The Morgan fingerprint density at radius 1 is 0.433 bits per heavy atom. The van der Waals surface area contributed by atoms with E-state index in [-0.39, 0.29) is 69.3 Å². The molecule has 12 aromatic rings. The number of aromatic amines is 3. The third-order valence-electron chi connectivity index (χ3n) is 17.9. The van der Waals surface area contributed by atoms with Gasteiger partial charge in [-0.2, -0.15) is 15.3 Å². The van der Waals surface area contributed by atoms with Gasteiger partial charge in [-0.05, 0) is 109 Å². The molecule has 3 amide bonds. The van der Waals surface area contributed by atoms with E-state index in [1.807, 2.05) is 44.2 Å². The Morgan fingerprint density at radius 2 is 0.804 bits per heavy atom. The fourth-order valence-corrected chi connectivity index (χ4v) is 12.4. The SMILES string of the molecule is CCCCc1nc(-c2nc3c(c(=O)[nH]2)C(C)(c2ccc(C)cn2)C(=O)N3)cn2ncnc12.CCCCc1nc(-c2nc3c(c(=O)[nH]2)C(C)(c2ccc(Cl)c(C)n2)C(=O)N3)cn2ncnc12.CCCCc1nc(-c2nc3c(c(=O)[nH]2)[C@](C)(c2ccc(C)cc2)C(=O)N3)cn2ncnc12. The van der Waals surface area contributed by atoms with Crippen LogP contribution in [0.25, 0.3) is 51.5 Å². The number of H-pyrrole nitrogens is 3. The van der Waals surface area contributed by atoms with Crippen molar-refractivity contribution in [2.75, 3.05) is 16.0 Å². The summed E-state index contributed by atoms with van der Waals surface area (Å²) < 4.78 is 4.87. The van der Waals surface area contributed by atoms with E-state index >= 15 is 0 Å². The van der Waals surface area contributed by atoms with Crippen LogP contribution in [0, 0.1) is 20.8 Å². The number of pyridine rings is 2. The zero-order valence-electron chi connectivity index (χ0n) is 54.5. The van der Waals surface area contributed by atoms with Gasteiger partial charge in [0.15, 0.2) is 34.4 Å². The molecule has 30 heteroatoms. The summed E-state index contributed by atoms with van der Waals surface area (Å²) in [5.74, 6) is 0.414. The monoisotopic (exact) mass is 1320 g/mol. The van der Waals surface area contributed by atoms with E-state index in [0.29, 0.717) is 61.7 Å². The number of amides is 3. The first-order valence-electron chi connectivity index (χ1n) is 31.8. The Labute approximate surface area is 557 Å². The summed E-state index contributed by atoms with van der Waals surface area (Å²) in [6, 6.07) is 14.5. The quantitative estimate of drug-likeness (QED) is 0.0570. The van der Waals surface area contributed by atoms with E-state index in [1.54, 1.807) is 84.2 Å². The molecule has 0 bridgehead atoms. The number of hydrogen-bond acceptors (Lipinski definition) is 20. The first kappa shape index (κ1) is 64.2. The highest BCUT2D eigenvalue weighted by Gasteiger charge is 2.51. The summed E-state index contributed by atoms with van der Waals surface area (Å²) >= 11 is 6.11. The second-order valence-corrected chi connectivity index (χ2v) is 25.0. The number of carbonyl (C=O) groups excluding carboxylic acids is 3. The lowest BCUT2D eigenvalue weighted by Crippen LogP contribution is -2.37. The maximum atomic E-state index is 13.3. The minimum Gasteiger partial charge on any atom is -0.309 e. The highest BCUT2D eigenvalue weighted by atomic mass is 35.5. The van der Waals surface area contributed by atoms with Crippen molar-refractivity contribution in [1.82, 2.24) is 98.6 Å². The van der Waals surface area contributed by atoms with E-state index in [2.05, 4.69) is 117 Å². The number of carbonyl (C=O) groups is 3. The van der Waals surface area contributed by atoms with Gasteiger partial charge in [0.05, 0.1) is 74.5 Å². The van der Waals surface area contributed by atoms with Crippen LogP contribution in [0.15, 0.2) is 107 Å². The fraction of sp³-hybridized carbons (Fsp3) is 0.313. The topological polar surface area (TPSA) is 380 Å². The average molecular weight is 1320 g/mol. The molecule has 0 spiro atoms. The van der Waals surface area contributed by atoms with Crippen LogP contribution >= 0.6 is 11.6 Å². The summed E-state index contributed by atoms with van der Waals surface area (Å²) in [7, 11) is 0. The lowest BCUT2D eigenvalue weighted by molar-refractivity contribution is -0.119. The van der Waals surface area contributed by atoms with Crippen molar-refractivity contribution < 1.29 is 14.4 Å². The van der Waals surface area contributed by atoms with Gasteiger partial charge in [-0.15, -0.1) is 0 Å². The first-order valence-corrected chi connectivity index (χ1v) is 32.1. The predicted molar refractivity (Wildman–Crippen MR) is 359 cm³/mol. The van der Waals surface area contributed by atoms with E-state index in [4.69, 9.17) is 16.6 Å². The third kappa shape index (κ3) is 11.3. The van der Waals surface area contributed by atoms with Crippen LogP contribution in [0.3, 0.4) is 0 Å². The van der Waals surface area contributed by atoms with Crippen LogP contribution in [0.1, 0.15) is 148 Å². The maximum absolute atomic E-state index is 13.3. The van der Waals surface area contributed by atoms with Crippen molar-refractivity contribution in [2.24, 2.45) is 0 Å². The summed E-state index contributed by atoms with van der Waals surface area (Å²) in [6.45, 7) is 17.0. The van der Waals surface area contributed by atoms with Crippen molar-refractivity contribution in [1.29, 1.82) is 0 Å². The largest absolute Gasteiger partial charge is 0.309 e. The van der Waals surface area contributed by atoms with Gasteiger partial charge in [-0.3, -0.25) is 38.7 Å². The second kappa shape index (κ2) is 25.3. The summed E-state index contributed by atoms with van der Waals surface area (Å²) in [5.41, 5.74) is 5.84. The van der Waals surface area contributed by atoms with E-state index in [0.717, 1.165) is 91.6 Å². The Kier molecular flexibility index (Phi) is 16.8. The van der Waals surface area contributed by atoms with Crippen LogP contribution in [-0.4, -0.2) is 116 Å². The molecule has 492 valence electrons. The number of aryl methyl sites for hydroxylation is 6. The minimum absolute atomic E-state index is 0.186. The van der Waals surface area contributed by atoms with Gasteiger partial charge in [0.1, 0.15) is 69.8 Å². The van der Waals surface area contributed by atoms with E-state index in [9.17, 15) is 28.8 Å². The number of aromatic nitrogens is 20. The number of unbranched alkanes of at least 4 members (excludes halogenated alkanes) is 3. The lowest BCUT2D eigenvalue weighted by atomic mass is 9.78. The summed E-state index contributed by atoms with van der Waals surface area (Å²) in [5, 5.41) is 21.5. The molecule has 0 saturated heterocycles. The molecule has 3 aliphatic rings. The van der Waals surface area contributed by atoms with Crippen molar-refractivity contribution >= 4 is 63.7 Å². The molecule has 0 saturated carbocycles. The summed E-state index contributed by atoms with van der Waals surface area (Å²) in [4.78, 5) is 137. The van der Waals surface area contributed by atoms with Gasteiger partial charge in [0.25, 0.3) is 16.7 Å². The zero-order valence-corrected chi connectivity index (χ0v) is 55.2. The Morgan fingerprint density at radius 3 is 1.19 bits per heavy atom. The molecule has 14 heterocycles. The number of nitrogens with one attached hydrogen (secondary N) is 6. The van der Waals surface area contributed by atoms with Gasteiger partial charge in [-0.25, -0.2) is 58.4 Å². The molecule has 3 aliphatic heterocycles. The number of benzene rings is 1. The number of nitrogens with zero attached hydrogens (tertiary/aromatic N) is 17. The third-order valence-corrected chi connectivity index (χ3v) is 18.3. The van der Waals surface area contributed by atoms with Crippen LogP contribution in [0.2, 0.25) is 5.02 Å². The predicted octanol–water partition coefficient (Wildman–Crippen LogP) is 7.79. The first-order chi connectivity index (χ1) is 46.6. The molecule has 3 atom stereocenters. The number of rotatable bonds is 15. The molecule has 0 radical (unpaired) electrons. The van der Waals surface area contributed by atoms with E-state index < -0.39 is 27.4 Å². The van der Waals surface area contributed by atoms with Crippen LogP contribution < -0.4 is 32.6 Å². The average Bonchev–Trinajstić information content (AvgIpc) is 1.59. The van der Waals surface area contributed by atoms with Crippen LogP contribution in [-0.2, 0) is 49.9 Å². The molecule has 1 aromatic carbocycles. The molecule has 29 nitrogen and oxygen atoms in total. The Bertz CT molecular complexity index is 5110. The van der Waals surface area contributed by atoms with Gasteiger partial charge in [-0.1, -0.05) is 87.5 Å². The normalized spacial score (nSPS) is 17.5. The molecule has 0 fully saturated rings. The molecule has 15 rings (SSSR count). The standard InChI is InChI=1S/C23H23N7O2.C22H21ClN8O2.C22H22N8O2/c1-4-5-6-15-20-24-12-25-30(20)11-16(26-15)18-27-19-17(21(31)28-18)23(3,22(32)29-19)14-9-7-13(2)8-10-14;1-4-5-6-13-19-24-10-25-31(19)9-14(27-13)17-28-18-16(20(32)29-17)22(3,21(33)30-18)15-8-7-12(23)11(2)26-15;1-4-5-6-13-19-24-11-25-30(19)10-14(26-13)17-27-18-16(20(31)28-17)22(3,21(32)29-18)15-8-7-12(2)9-23-15/h7-12H,4-6H2,1-3H3,(H2,27,28,29,31,32);7-10H,4-6H2,1-3H3,(H2,28,29,30,32,33);7-11H,4-6H2,1-3H3,(H2,27,28,29,31,32)/t23-;;/m0../s1. The number of fused-ring (bicyclic) bond motifs is 6. The van der Waals surface area contributed by atoms with Gasteiger partial charge >= 0.3 is 0 Å². The van der Waals surface area contributed by atoms with Gasteiger partial charge in [0, 0.05) is 6.20 Å². The number of halogens is 1. The van der Waals surface area contributed by atoms with Crippen LogP contribution in [0.4, 0.5) is 17.5 Å². The summed E-state index contributed by atoms with van der Waals surface area (Å²) in [6.07, 6.45) is 19.2. The molecular formula is C67H66ClN23O6. The molecule has 6 N–H and O–H groups in total. The maximum Gasteiger partial charge on any atom is 0.258 e. The molecular weight excluding hydrogens is 1260 g/mol. The van der Waals surface area contributed by atoms with Crippen molar-refractivity contribution in [3.05, 3.63) is 196 Å². The Balaban J connectivity index is 0.000000131. The van der Waals surface area contributed by atoms with Crippen molar-refractivity contribution in [3.63, 3.8) is 0 Å². The van der Waals surface area contributed by atoms with Crippen LogP contribution in [0.5, 0.6) is 0 Å². The zero-order chi connectivity index (χ0) is 68.2. The molecule has 2 unspecified atom stereocenters. The Hall–Kier alpha value is -11.5. The second-order valence-electron chi connectivity index (χ2n) is 24.6. The molecule has 11 aromatic heterocycles. The van der Waals surface area contributed by atoms with Gasteiger partial charge in [0.2, 0.25) is 17.7 Å². The van der Waals surface area contributed by atoms with Gasteiger partial charge < -0.3 is 30.9 Å².